The fraction of sp³-hybridized carbons (Fsp3) is 0.438. The molecule has 7 nitrogen and oxygen atoms in total. The average Bonchev–Trinajstić information content (AvgIpc) is 3.00. The molecule has 0 aliphatic heterocycles. The van der Waals surface area contributed by atoms with E-state index in [1.54, 1.807) is 0 Å². The quantitative estimate of drug-likeness (QED) is 0.714. The summed E-state index contributed by atoms with van der Waals surface area (Å²) in [4.78, 5) is 15.7. The predicted molar refractivity (Wildman–Crippen MR) is 87.8 cm³/mol. The van der Waals surface area contributed by atoms with Gasteiger partial charge in [0.2, 0.25) is 11.8 Å². The summed E-state index contributed by atoms with van der Waals surface area (Å²) in [6, 6.07) is 4.61. The first-order valence-electron chi connectivity index (χ1n) is 7.89. The monoisotopic (exact) mass is 369 g/mol. The Bertz CT molecular complexity index is 818. The summed E-state index contributed by atoms with van der Waals surface area (Å²) in [6.45, 7) is 3.87. The van der Waals surface area contributed by atoms with Crippen LogP contribution in [-0.2, 0) is 26.8 Å². The van der Waals surface area contributed by atoms with Crippen LogP contribution in [0.1, 0.15) is 38.4 Å². The zero-order chi connectivity index (χ0) is 18.4. The van der Waals surface area contributed by atoms with Gasteiger partial charge in [0.25, 0.3) is 0 Å². The highest BCUT2D eigenvalue weighted by Gasteiger charge is 2.19. The molecule has 1 atom stereocenters. The molecule has 2 aromatic rings. The maximum absolute atomic E-state index is 12.9. The molecule has 0 radical (unpaired) electrons. The largest absolute Gasteiger partial charge is 0.354 e. The Labute approximate surface area is 145 Å². The molecule has 0 aliphatic carbocycles. The molecule has 0 fully saturated rings. The van der Waals surface area contributed by atoms with Gasteiger partial charge in [0, 0.05) is 18.9 Å². The second-order valence-corrected chi connectivity index (χ2v) is 7.68. The van der Waals surface area contributed by atoms with E-state index in [9.17, 15) is 17.6 Å². The van der Waals surface area contributed by atoms with Gasteiger partial charge in [-0.3, -0.25) is 4.79 Å². The minimum Gasteiger partial charge on any atom is -0.354 e. The maximum Gasteiger partial charge on any atom is 0.227 e. The summed E-state index contributed by atoms with van der Waals surface area (Å²) in [5.41, 5.74) is 0. The summed E-state index contributed by atoms with van der Waals surface area (Å²) in [5.74, 6) is -0.906. The molecule has 0 saturated carbocycles. The first-order valence-corrected chi connectivity index (χ1v) is 9.54. The molecule has 136 valence electrons. The topological polar surface area (TPSA) is 102 Å². The van der Waals surface area contributed by atoms with E-state index in [1.165, 1.54) is 12.1 Å². The number of halogens is 1. The number of hydrogen-bond acceptors (Lipinski definition) is 6. The summed E-state index contributed by atoms with van der Waals surface area (Å²) >= 11 is 0. The molecule has 0 saturated heterocycles. The van der Waals surface area contributed by atoms with Crippen LogP contribution in [0.2, 0.25) is 0 Å². The summed E-state index contributed by atoms with van der Waals surface area (Å²) in [7, 11) is -3.70. The van der Waals surface area contributed by atoms with Gasteiger partial charge in [-0.1, -0.05) is 12.1 Å². The molecule has 1 heterocycles. The van der Waals surface area contributed by atoms with Gasteiger partial charge in [-0.15, -0.1) is 0 Å². The van der Waals surface area contributed by atoms with Gasteiger partial charge in [0.05, 0.1) is 4.90 Å². The zero-order valence-corrected chi connectivity index (χ0v) is 14.8. The number of benzene rings is 1. The van der Waals surface area contributed by atoms with Gasteiger partial charge >= 0.3 is 0 Å². The van der Waals surface area contributed by atoms with Crippen molar-refractivity contribution in [1.82, 2.24) is 15.5 Å². The van der Waals surface area contributed by atoms with Crippen molar-refractivity contribution in [2.75, 3.05) is 0 Å². The Morgan fingerprint density at radius 3 is 2.64 bits per heavy atom. The number of hydrogen-bond donors (Lipinski definition) is 1. The number of nitrogens with one attached hydrogen (secondary N) is 1. The van der Waals surface area contributed by atoms with Crippen LogP contribution in [0.4, 0.5) is 4.39 Å². The van der Waals surface area contributed by atoms with E-state index in [-0.39, 0.29) is 41.4 Å². The third kappa shape index (κ3) is 5.63. The summed E-state index contributed by atoms with van der Waals surface area (Å²) in [5, 5.41) is 6.44. The molecule has 1 N–H and O–H groups in total. The summed E-state index contributed by atoms with van der Waals surface area (Å²) in [6.07, 6.45) is 1.24. The molecule has 1 aromatic heterocycles. The molecule has 25 heavy (non-hydrogen) atoms. The fourth-order valence-corrected chi connectivity index (χ4v) is 3.19. The smallest absolute Gasteiger partial charge is 0.227 e. The first-order chi connectivity index (χ1) is 11.8. The Morgan fingerprint density at radius 2 is 2.00 bits per heavy atom. The van der Waals surface area contributed by atoms with Crippen molar-refractivity contribution >= 4 is 15.7 Å². The van der Waals surface area contributed by atoms with Gasteiger partial charge < -0.3 is 9.84 Å². The minimum atomic E-state index is -3.70. The number of aryl methyl sites for hydroxylation is 1. The van der Waals surface area contributed by atoms with Crippen LogP contribution in [0.15, 0.2) is 33.7 Å². The number of rotatable bonds is 8. The zero-order valence-electron chi connectivity index (χ0n) is 14.0. The lowest BCUT2D eigenvalue weighted by Crippen LogP contribution is -2.32. The molecule has 1 unspecified atom stereocenters. The second-order valence-electron chi connectivity index (χ2n) is 5.69. The van der Waals surface area contributed by atoms with E-state index >= 15 is 0 Å². The Balaban J connectivity index is 1.94. The molecular formula is C16H20FN3O4S. The number of carbonyl (C=O) groups excluding carboxylic acids is 1. The van der Waals surface area contributed by atoms with Crippen LogP contribution in [-0.4, -0.2) is 30.5 Å². The summed E-state index contributed by atoms with van der Waals surface area (Å²) < 4.78 is 42.3. The van der Waals surface area contributed by atoms with Crippen molar-refractivity contribution in [2.24, 2.45) is 0 Å². The van der Waals surface area contributed by atoms with E-state index in [2.05, 4.69) is 15.5 Å². The van der Waals surface area contributed by atoms with Gasteiger partial charge in [-0.25, -0.2) is 12.8 Å². The highest BCUT2D eigenvalue weighted by atomic mass is 32.2. The highest BCUT2D eigenvalue weighted by molar-refractivity contribution is 7.90. The molecule has 0 spiro atoms. The Kier molecular flexibility index (Phi) is 6.24. The second kappa shape index (κ2) is 8.19. The molecule has 0 bridgehead atoms. The van der Waals surface area contributed by atoms with E-state index in [1.807, 2.05) is 13.8 Å². The van der Waals surface area contributed by atoms with Crippen LogP contribution < -0.4 is 5.32 Å². The third-order valence-corrected chi connectivity index (χ3v) is 5.22. The molecule has 1 amide bonds. The normalized spacial score (nSPS) is 12.8. The van der Waals surface area contributed by atoms with Crippen molar-refractivity contribution in [3.8, 4) is 0 Å². The van der Waals surface area contributed by atoms with Crippen LogP contribution in [0, 0.1) is 5.82 Å². The number of amides is 1. The fourth-order valence-electron chi connectivity index (χ4n) is 2.02. The van der Waals surface area contributed by atoms with Crippen LogP contribution in [0.5, 0.6) is 0 Å². The van der Waals surface area contributed by atoms with Gasteiger partial charge in [-0.2, -0.15) is 4.98 Å². The van der Waals surface area contributed by atoms with E-state index in [0.717, 1.165) is 18.6 Å². The van der Waals surface area contributed by atoms with Crippen LogP contribution in [0.25, 0.3) is 0 Å². The first kappa shape index (κ1) is 19.0. The van der Waals surface area contributed by atoms with Crippen LogP contribution >= 0.6 is 0 Å². The molecule has 0 aliphatic rings. The SMILES string of the molecule is CCC(C)NC(=O)CCc1nc(CS(=O)(=O)c2ccc(F)cc2)no1. The van der Waals surface area contributed by atoms with E-state index in [0.29, 0.717) is 0 Å². The van der Waals surface area contributed by atoms with Crippen molar-refractivity contribution in [2.45, 2.75) is 49.8 Å². The van der Waals surface area contributed by atoms with Crippen molar-refractivity contribution in [1.29, 1.82) is 0 Å². The van der Waals surface area contributed by atoms with E-state index < -0.39 is 21.4 Å². The average molecular weight is 369 g/mol. The lowest BCUT2D eigenvalue weighted by atomic mass is 10.2. The number of carbonyl (C=O) groups is 1. The lowest BCUT2D eigenvalue weighted by molar-refractivity contribution is -0.121. The molecular weight excluding hydrogens is 349 g/mol. The maximum atomic E-state index is 12.9. The molecule has 1 aromatic carbocycles. The van der Waals surface area contributed by atoms with Gasteiger partial charge in [0.15, 0.2) is 15.7 Å². The number of sulfone groups is 1. The van der Waals surface area contributed by atoms with Gasteiger partial charge in [0.1, 0.15) is 11.6 Å². The Morgan fingerprint density at radius 1 is 1.32 bits per heavy atom. The standard InChI is InChI=1S/C16H20FN3O4S/c1-3-11(2)18-15(21)8-9-16-19-14(20-24-16)10-25(22,23)13-6-4-12(17)5-7-13/h4-7,11H,3,8-10H2,1-2H3,(H,18,21). The van der Waals surface area contributed by atoms with Crippen molar-refractivity contribution in [3.05, 3.63) is 41.8 Å². The van der Waals surface area contributed by atoms with Crippen molar-refractivity contribution < 1.29 is 22.1 Å². The van der Waals surface area contributed by atoms with E-state index in [4.69, 9.17) is 4.52 Å². The lowest BCUT2D eigenvalue weighted by Gasteiger charge is -2.10. The van der Waals surface area contributed by atoms with Gasteiger partial charge in [-0.05, 0) is 37.6 Å². The Hall–Kier alpha value is -2.29. The molecule has 2 rings (SSSR count). The highest BCUT2D eigenvalue weighted by Crippen LogP contribution is 2.16. The van der Waals surface area contributed by atoms with Crippen LogP contribution in [0.3, 0.4) is 0 Å². The molecule has 9 heteroatoms. The number of aromatic nitrogens is 2. The predicted octanol–water partition coefficient (Wildman–Crippen LogP) is 2.03. The number of nitrogens with zero attached hydrogens (tertiary/aromatic N) is 2. The minimum absolute atomic E-state index is 0.00154. The van der Waals surface area contributed by atoms with Crippen molar-refractivity contribution in [3.63, 3.8) is 0 Å². The third-order valence-electron chi connectivity index (χ3n) is 3.59.